The molecule has 12 heteroatoms. The lowest BCUT2D eigenvalue weighted by atomic mass is 10.00. The maximum Gasteiger partial charge on any atom is 0.401 e. The zero-order valence-electron chi connectivity index (χ0n) is 24.7. The molecule has 1 aromatic carbocycles. The minimum Gasteiger partial charge on any atom is -0.379 e. The Morgan fingerprint density at radius 2 is 1.81 bits per heavy atom. The fourth-order valence-corrected chi connectivity index (χ4v) is 6.68. The molecule has 0 atom stereocenters. The van der Waals surface area contributed by atoms with Gasteiger partial charge in [0.15, 0.2) is 0 Å². The zero-order chi connectivity index (χ0) is 30.0. The summed E-state index contributed by atoms with van der Waals surface area (Å²) >= 11 is 0. The number of hydrogen-bond acceptors (Lipinski definition) is 8. The number of ether oxygens (including phenoxy) is 1. The number of aryl methyl sites for hydroxylation is 1. The Morgan fingerprint density at radius 3 is 2.56 bits per heavy atom. The van der Waals surface area contributed by atoms with Gasteiger partial charge in [-0.3, -0.25) is 14.7 Å². The number of nitrogens with zero attached hydrogens (tertiary/aromatic N) is 7. The highest BCUT2D eigenvalue weighted by Gasteiger charge is 2.33. The molecule has 5 heterocycles. The van der Waals surface area contributed by atoms with E-state index in [0.29, 0.717) is 24.4 Å². The third kappa shape index (κ3) is 6.96. The van der Waals surface area contributed by atoms with Crippen molar-refractivity contribution in [3.8, 4) is 6.07 Å². The Kier molecular flexibility index (Phi) is 8.86. The average molecular weight is 597 g/mol. The molecule has 0 unspecified atom stereocenters. The highest BCUT2D eigenvalue weighted by atomic mass is 19.4. The molecule has 9 nitrogen and oxygen atoms in total. The molecule has 0 spiro atoms. The minimum absolute atomic E-state index is 0.196. The van der Waals surface area contributed by atoms with Gasteiger partial charge in [-0.15, -0.1) is 0 Å². The molecule has 0 amide bonds. The lowest BCUT2D eigenvalue weighted by Gasteiger charge is -2.34. The first-order valence-corrected chi connectivity index (χ1v) is 15.2. The Bertz CT molecular complexity index is 1470. The largest absolute Gasteiger partial charge is 0.401 e. The van der Waals surface area contributed by atoms with Gasteiger partial charge >= 0.3 is 6.18 Å². The minimum atomic E-state index is -4.21. The summed E-state index contributed by atoms with van der Waals surface area (Å²) in [5.74, 6) is 0.767. The molecule has 0 radical (unpaired) electrons. The third-order valence-electron chi connectivity index (χ3n) is 9.14. The van der Waals surface area contributed by atoms with Gasteiger partial charge in [-0.2, -0.15) is 18.4 Å². The summed E-state index contributed by atoms with van der Waals surface area (Å²) < 4.78 is 46.2. The number of alkyl halides is 3. The van der Waals surface area contributed by atoms with Gasteiger partial charge in [-0.25, -0.2) is 9.97 Å². The predicted octanol–water partition coefficient (Wildman–Crippen LogP) is 3.94. The summed E-state index contributed by atoms with van der Waals surface area (Å²) in [4.78, 5) is 15.0. The van der Waals surface area contributed by atoms with E-state index in [2.05, 4.69) is 54.8 Å². The lowest BCUT2D eigenvalue weighted by Crippen LogP contribution is -2.40. The Hall–Kier alpha value is -3.24. The van der Waals surface area contributed by atoms with Gasteiger partial charge in [0.2, 0.25) is 0 Å². The molecule has 0 aliphatic carbocycles. The monoisotopic (exact) mass is 596 g/mol. The van der Waals surface area contributed by atoms with E-state index in [0.717, 1.165) is 94.2 Å². The fraction of sp³-hybridized carbons (Fsp3) is 0.581. The summed E-state index contributed by atoms with van der Waals surface area (Å²) in [7, 11) is 0. The van der Waals surface area contributed by atoms with Crippen LogP contribution in [0.15, 0.2) is 24.5 Å². The fourth-order valence-electron chi connectivity index (χ4n) is 6.68. The summed E-state index contributed by atoms with van der Waals surface area (Å²) in [6, 6.07) is 9.07. The van der Waals surface area contributed by atoms with Crippen LogP contribution in [0, 0.1) is 18.3 Å². The number of halogens is 3. The summed E-state index contributed by atoms with van der Waals surface area (Å²) in [6.07, 6.45) is -0.331. The molecule has 6 rings (SSSR count). The molecular formula is C31H39F3N8O. The molecule has 0 saturated carbocycles. The molecule has 1 N–H and O–H groups in total. The number of hydrogen-bond donors (Lipinski definition) is 1. The molecule has 43 heavy (non-hydrogen) atoms. The third-order valence-corrected chi connectivity index (χ3v) is 9.14. The van der Waals surface area contributed by atoms with Gasteiger partial charge in [0.05, 0.1) is 25.5 Å². The van der Waals surface area contributed by atoms with Crippen LogP contribution in [0.1, 0.15) is 40.9 Å². The summed E-state index contributed by atoms with van der Waals surface area (Å²) in [5.41, 5.74) is 5.96. The number of likely N-dealkylation sites (tertiary alicyclic amines) is 1. The number of morpholine rings is 1. The van der Waals surface area contributed by atoms with E-state index >= 15 is 0 Å². The second kappa shape index (κ2) is 12.8. The van der Waals surface area contributed by atoms with Crippen molar-refractivity contribution in [3.63, 3.8) is 0 Å². The first-order chi connectivity index (χ1) is 20.8. The highest BCUT2D eigenvalue weighted by molar-refractivity contribution is 5.86. The zero-order valence-corrected chi connectivity index (χ0v) is 24.7. The predicted molar refractivity (Wildman–Crippen MR) is 158 cm³/mol. The molecular weight excluding hydrogens is 557 g/mol. The van der Waals surface area contributed by atoms with Gasteiger partial charge in [-0.05, 0) is 49.4 Å². The normalized spacial score (nSPS) is 19.4. The van der Waals surface area contributed by atoms with Crippen LogP contribution >= 0.6 is 0 Å². The number of anilines is 1. The first-order valence-electron chi connectivity index (χ1n) is 15.2. The Balaban J connectivity index is 1.06. The van der Waals surface area contributed by atoms with Crippen molar-refractivity contribution < 1.29 is 17.9 Å². The van der Waals surface area contributed by atoms with Crippen LogP contribution in [0.2, 0.25) is 0 Å². The molecule has 230 valence electrons. The van der Waals surface area contributed by atoms with Crippen molar-refractivity contribution >= 4 is 16.7 Å². The number of piperidine rings is 1. The molecule has 2 saturated heterocycles. The van der Waals surface area contributed by atoms with E-state index in [1.54, 1.807) is 0 Å². The van der Waals surface area contributed by atoms with E-state index in [1.165, 1.54) is 22.4 Å². The molecule has 3 aromatic rings. The SMILES string of the molecule is Cc1c(CN2CCC(Nc3ncnc4c3CCN(CC(F)(F)F)C4)CC2)ccc2c1cc(C#N)n2CCN1CCOCC1. The lowest BCUT2D eigenvalue weighted by molar-refractivity contribution is -0.147. The molecule has 2 aromatic heterocycles. The maximum absolute atomic E-state index is 12.9. The molecule has 2 fully saturated rings. The Labute approximate surface area is 250 Å². The van der Waals surface area contributed by atoms with Crippen molar-refractivity contribution in [2.24, 2.45) is 0 Å². The summed E-state index contributed by atoms with van der Waals surface area (Å²) in [6.45, 7) is 9.61. The second-order valence-corrected chi connectivity index (χ2v) is 11.9. The molecule has 3 aliphatic heterocycles. The van der Waals surface area contributed by atoms with Gasteiger partial charge < -0.3 is 14.6 Å². The van der Waals surface area contributed by atoms with Crippen molar-refractivity contribution in [2.75, 3.05) is 64.3 Å². The van der Waals surface area contributed by atoms with E-state index in [4.69, 9.17) is 4.74 Å². The van der Waals surface area contributed by atoms with Crippen molar-refractivity contribution in [1.29, 1.82) is 5.26 Å². The van der Waals surface area contributed by atoms with Crippen molar-refractivity contribution in [3.05, 3.63) is 52.6 Å². The number of aromatic nitrogens is 3. The summed E-state index contributed by atoms with van der Waals surface area (Å²) in [5, 5.41) is 14.6. The van der Waals surface area contributed by atoms with Gasteiger partial charge in [0.1, 0.15) is 23.9 Å². The number of nitrogens with one attached hydrogen (secondary N) is 1. The maximum atomic E-state index is 12.9. The van der Waals surface area contributed by atoms with Crippen LogP contribution in [0.5, 0.6) is 0 Å². The van der Waals surface area contributed by atoms with Crippen molar-refractivity contribution in [2.45, 2.75) is 58.0 Å². The number of fused-ring (bicyclic) bond motifs is 2. The van der Waals surface area contributed by atoms with Crippen LogP contribution in [0.4, 0.5) is 19.0 Å². The van der Waals surface area contributed by atoms with Crippen LogP contribution in [-0.2, 0) is 30.8 Å². The second-order valence-electron chi connectivity index (χ2n) is 11.9. The van der Waals surface area contributed by atoms with E-state index in [9.17, 15) is 18.4 Å². The van der Waals surface area contributed by atoms with E-state index in [-0.39, 0.29) is 12.6 Å². The first kappa shape index (κ1) is 29.8. The number of benzene rings is 1. The smallest absolute Gasteiger partial charge is 0.379 e. The quantitative estimate of drug-likeness (QED) is 0.419. The van der Waals surface area contributed by atoms with Crippen LogP contribution in [0.25, 0.3) is 10.9 Å². The molecule has 0 bridgehead atoms. The van der Waals surface area contributed by atoms with E-state index < -0.39 is 12.7 Å². The molecule has 3 aliphatic rings. The van der Waals surface area contributed by atoms with Crippen LogP contribution in [-0.4, -0.2) is 100 Å². The highest BCUT2D eigenvalue weighted by Crippen LogP contribution is 2.29. The Morgan fingerprint density at radius 1 is 1.02 bits per heavy atom. The van der Waals surface area contributed by atoms with Crippen LogP contribution in [0.3, 0.4) is 0 Å². The standard InChI is InChI=1S/C31H39F3N8O/c1-22-23(2-3-29-27(22)16-25(17-35)42(29)11-10-39-12-14-43-15-13-39)18-40-7-4-24(5-8-40)38-30-26-6-9-41(20-31(32,33)34)19-28(26)36-21-37-30/h2-3,16,21,24H,4-15,18-20H2,1H3,(H,36,37,38). The van der Waals surface area contributed by atoms with Gasteiger partial charge in [-0.1, -0.05) is 6.07 Å². The van der Waals surface area contributed by atoms with Gasteiger partial charge in [0, 0.05) is 81.4 Å². The average Bonchev–Trinajstić information content (AvgIpc) is 3.36. The number of nitriles is 1. The van der Waals surface area contributed by atoms with Crippen molar-refractivity contribution in [1.82, 2.24) is 29.2 Å². The topological polar surface area (TPSA) is 85.5 Å². The van der Waals surface area contributed by atoms with Crippen LogP contribution < -0.4 is 5.32 Å². The van der Waals surface area contributed by atoms with Gasteiger partial charge in [0.25, 0.3) is 0 Å². The van der Waals surface area contributed by atoms with E-state index in [1.807, 2.05) is 6.07 Å². The number of rotatable bonds is 8.